The number of anilines is 1. The molecule has 3 heteroatoms. The van der Waals surface area contributed by atoms with Crippen molar-refractivity contribution in [1.29, 1.82) is 0 Å². The van der Waals surface area contributed by atoms with Crippen LogP contribution in [0, 0.1) is 12.8 Å². The SMILES string of the molecule is CCC(C)C(=O)N(CCCN)c1ccc(C)cc1. The van der Waals surface area contributed by atoms with E-state index in [4.69, 9.17) is 5.73 Å². The van der Waals surface area contributed by atoms with Crippen molar-refractivity contribution in [1.82, 2.24) is 0 Å². The van der Waals surface area contributed by atoms with Crippen LogP contribution >= 0.6 is 0 Å². The van der Waals surface area contributed by atoms with Gasteiger partial charge in [-0.15, -0.1) is 0 Å². The summed E-state index contributed by atoms with van der Waals surface area (Å²) in [5.41, 5.74) is 7.72. The van der Waals surface area contributed by atoms with Gasteiger partial charge in [0.2, 0.25) is 5.91 Å². The van der Waals surface area contributed by atoms with Crippen LogP contribution < -0.4 is 10.6 Å². The minimum atomic E-state index is 0.0593. The van der Waals surface area contributed by atoms with Crippen molar-refractivity contribution in [2.24, 2.45) is 11.7 Å². The molecule has 0 saturated heterocycles. The number of hydrogen-bond donors (Lipinski definition) is 1. The number of nitrogens with two attached hydrogens (primary N) is 1. The van der Waals surface area contributed by atoms with Crippen LogP contribution in [0.4, 0.5) is 5.69 Å². The Morgan fingerprint density at radius 1 is 1.33 bits per heavy atom. The maximum absolute atomic E-state index is 12.4. The highest BCUT2D eigenvalue weighted by atomic mass is 16.2. The number of benzene rings is 1. The van der Waals surface area contributed by atoms with Gasteiger partial charge in [-0.25, -0.2) is 0 Å². The van der Waals surface area contributed by atoms with Crippen LogP contribution in [0.1, 0.15) is 32.3 Å². The molecule has 0 aromatic heterocycles. The largest absolute Gasteiger partial charge is 0.330 e. The molecule has 0 spiro atoms. The number of carbonyl (C=O) groups is 1. The van der Waals surface area contributed by atoms with Gasteiger partial charge in [-0.1, -0.05) is 31.5 Å². The lowest BCUT2D eigenvalue weighted by Gasteiger charge is -2.25. The van der Waals surface area contributed by atoms with Crippen LogP contribution in [-0.2, 0) is 4.79 Å². The zero-order valence-corrected chi connectivity index (χ0v) is 11.6. The number of aryl methyl sites for hydroxylation is 1. The number of amides is 1. The molecule has 0 aliphatic rings. The van der Waals surface area contributed by atoms with Gasteiger partial charge in [0.05, 0.1) is 0 Å². The molecule has 0 radical (unpaired) electrons. The molecule has 1 amide bonds. The van der Waals surface area contributed by atoms with Gasteiger partial charge >= 0.3 is 0 Å². The Balaban J connectivity index is 2.90. The topological polar surface area (TPSA) is 46.3 Å². The highest BCUT2D eigenvalue weighted by Gasteiger charge is 2.19. The standard InChI is InChI=1S/C15H24N2O/c1-4-13(3)15(18)17(11-5-10-16)14-8-6-12(2)7-9-14/h6-9,13H,4-5,10-11,16H2,1-3H3. The zero-order chi connectivity index (χ0) is 13.5. The molecular formula is C15H24N2O. The molecule has 3 nitrogen and oxygen atoms in total. The molecule has 2 N–H and O–H groups in total. The van der Waals surface area contributed by atoms with Crippen LogP contribution in [0.25, 0.3) is 0 Å². The van der Waals surface area contributed by atoms with Gasteiger partial charge in [-0.2, -0.15) is 0 Å². The van der Waals surface area contributed by atoms with E-state index in [9.17, 15) is 4.79 Å². The van der Waals surface area contributed by atoms with Gasteiger partial charge in [-0.05, 0) is 38.4 Å². The fraction of sp³-hybridized carbons (Fsp3) is 0.533. The van der Waals surface area contributed by atoms with Crippen molar-refractivity contribution in [3.8, 4) is 0 Å². The molecule has 0 saturated carbocycles. The lowest BCUT2D eigenvalue weighted by Crippen LogP contribution is -2.36. The van der Waals surface area contributed by atoms with E-state index in [-0.39, 0.29) is 11.8 Å². The zero-order valence-electron chi connectivity index (χ0n) is 11.6. The molecule has 0 aliphatic heterocycles. The Morgan fingerprint density at radius 3 is 2.44 bits per heavy atom. The van der Waals surface area contributed by atoms with Gasteiger partial charge in [0.15, 0.2) is 0 Å². The van der Waals surface area contributed by atoms with Crippen LogP contribution in [-0.4, -0.2) is 19.0 Å². The highest BCUT2D eigenvalue weighted by Crippen LogP contribution is 2.19. The molecule has 100 valence electrons. The third-order valence-corrected chi connectivity index (χ3v) is 3.23. The molecule has 0 bridgehead atoms. The fourth-order valence-corrected chi connectivity index (χ4v) is 1.78. The lowest BCUT2D eigenvalue weighted by molar-refractivity contribution is -0.122. The average molecular weight is 248 g/mol. The highest BCUT2D eigenvalue weighted by molar-refractivity contribution is 5.94. The summed E-state index contributed by atoms with van der Waals surface area (Å²) < 4.78 is 0. The molecule has 0 fully saturated rings. The fourth-order valence-electron chi connectivity index (χ4n) is 1.78. The van der Waals surface area contributed by atoms with Crippen LogP contribution in [0.5, 0.6) is 0 Å². The summed E-state index contributed by atoms with van der Waals surface area (Å²) in [6.07, 6.45) is 1.69. The molecule has 1 atom stereocenters. The van der Waals surface area contributed by atoms with E-state index in [1.54, 1.807) is 0 Å². The number of hydrogen-bond acceptors (Lipinski definition) is 2. The minimum Gasteiger partial charge on any atom is -0.330 e. The first-order valence-electron chi connectivity index (χ1n) is 6.68. The van der Waals surface area contributed by atoms with E-state index in [2.05, 4.69) is 0 Å². The monoisotopic (exact) mass is 248 g/mol. The maximum Gasteiger partial charge on any atom is 0.229 e. The summed E-state index contributed by atoms with van der Waals surface area (Å²) >= 11 is 0. The van der Waals surface area contributed by atoms with E-state index < -0.39 is 0 Å². The maximum atomic E-state index is 12.4. The molecule has 1 aromatic carbocycles. The van der Waals surface area contributed by atoms with Crippen molar-refractivity contribution in [3.05, 3.63) is 29.8 Å². The van der Waals surface area contributed by atoms with Gasteiger partial charge < -0.3 is 10.6 Å². The van der Waals surface area contributed by atoms with Crippen LogP contribution in [0.15, 0.2) is 24.3 Å². The Hall–Kier alpha value is -1.35. The summed E-state index contributed by atoms with van der Waals surface area (Å²) in [5.74, 6) is 0.249. The Kier molecular flexibility index (Phi) is 5.86. The molecule has 0 aliphatic carbocycles. The number of nitrogens with zero attached hydrogens (tertiary/aromatic N) is 1. The first kappa shape index (κ1) is 14.7. The quantitative estimate of drug-likeness (QED) is 0.841. The lowest BCUT2D eigenvalue weighted by atomic mass is 10.1. The van der Waals surface area contributed by atoms with E-state index in [0.717, 1.165) is 18.5 Å². The van der Waals surface area contributed by atoms with Gasteiger partial charge in [-0.3, -0.25) is 4.79 Å². The molecular weight excluding hydrogens is 224 g/mol. The van der Waals surface area contributed by atoms with Crippen molar-refractivity contribution >= 4 is 11.6 Å². The van der Waals surface area contributed by atoms with Crippen molar-refractivity contribution in [2.45, 2.75) is 33.6 Å². The summed E-state index contributed by atoms with van der Waals surface area (Å²) in [5, 5.41) is 0. The van der Waals surface area contributed by atoms with Gasteiger partial charge in [0.1, 0.15) is 0 Å². The second-order valence-electron chi connectivity index (χ2n) is 4.78. The summed E-state index contributed by atoms with van der Waals surface area (Å²) in [7, 11) is 0. The van der Waals surface area contributed by atoms with Crippen LogP contribution in [0.3, 0.4) is 0 Å². The smallest absolute Gasteiger partial charge is 0.229 e. The third-order valence-electron chi connectivity index (χ3n) is 3.23. The number of rotatable bonds is 6. The normalized spacial score (nSPS) is 12.2. The van der Waals surface area contributed by atoms with Crippen molar-refractivity contribution < 1.29 is 4.79 Å². The Morgan fingerprint density at radius 2 is 1.94 bits per heavy atom. The summed E-state index contributed by atoms with van der Waals surface area (Å²) in [4.78, 5) is 14.2. The molecule has 18 heavy (non-hydrogen) atoms. The second-order valence-corrected chi connectivity index (χ2v) is 4.78. The van der Waals surface area contributed by atoms with E-state index in [1.807, 2.05) is 49.9 Å². The first-order valence-corrected chi connectivity index (χ1v) is 6.68. The molecule has 1 unspecified atom stereocenters. The van der Waals surface area contributed by atoms with E-state index in [0.29, 0.717) is 13.1 Å². The van der Waals surface area contributed by atoms with E-state index in [1.165, 1.54) is 5.56 Å². The van der Waals surface area contributed by atoms with E-state index >= 15 is 0 Å². The van der Waals surface area contributed by atoms with Crippen molar-refractivity contribution in [2.75, 3.05) is 18.0 Å². The van der Waals surface area contributed by atoms with Gasteiger partial charge in [0, 0.05) is 18.2 Å². The van der Waals surface area contributed by atoms with Crippen LogP contribution in [0.2, 0.25) is 0 Å². The minimum absolute atomic E-state index is 0.0593. The average Bonchev–Trinajstić information content (AvgIpc) is 2.39. The van der Waals surface area contributed by atoms with Crippen molar-refractivity contribution in [3.63, 3.8) is 0 Å². The first-order chi connectivity index (χ1) is 8.60. The molecule has 1 aromatic rings. The second kappa shape index (κ2) is 7.17. The predicted molar refractivity (Wildman–Crippen MR) is 76.7 cm³/mol. The Bertz CT molecular complexity index is 373. The molecule has 0 heterocycles. The Labute approximate surface area is 110 Å². The summed E-state index contributed by atoms with van der Waals surface area (Å²) in [6, 6.07) is 8.08. The number of carbonyl (C=O) groups excluding carboxylic acids is 1. The predicted octanol–water partition coefficient (Wildman–Crippen LogP) is 2.72. The van der Waals surface area contributed by atoms with Gasteiger partial charge in [0.25, 0.3) is 0 Å². The summed E-state index contributed by atoms with van der Waals surface area (Å²) in [6.45, 7) is 7.37. The molecule has 1 rings (SSSR count). The third kappa shape index (κ3) is 3.84.